The van der Waals surface area contributed by atoms with Crippen LogP contribution in [0.2, 0.25) is 0 Å². The molecule has 0 aliphatic carbocycles. The van der Waals surface area contributed by atoms with E-state index >= 15 is 0 Å². The van der Waals surface area contributed by atoms with Gasteiger partial charge in [-0.2, -0.15) is 0 Å². The van der Waals surface area contributed by atoms with Crippen LogP contribution in [0.15, 0.2) is 40.2 Å². The lowest BCUT2D eigenvalue weighted by Crippen LogP contribution is -2.34. The van der Waals surface area contributed by atoms with Gasteiger partial charge in [0.15, 0.2) is 0 Å². The molecule has 0 fully saturated rings. The van der Waals surface area contributed by atoms with Crippen LogP contribution < -0.4 is 10.1 Å². The van der Waals surface area contributed by atoms with Crippen LogP contribution in [-0.2, 0) is 6.42 Å². The van der Waals surface area contributed by atoms with Crippen molar-refractivity contribution in [3.05, 3.63) is 50.6 Å². The topological polar surface area (TPSA) is 21.3 Å². The Kier molecular flexibility index (Phi) is 4.44. The first-order valence-corrected chi connectivity index (χ1v) is 8.62. The van der Waals surface area contributed by atoms with E-state index < -0.39 is 0 Å². The zero-order valence-electron chi connectivity index (χ0n) is 11.4. The number of fused-ring (bicyclic) bond motifs is 1. The summed E-state index contributed by atoms with van der Waals surface area (Å²) < 4.78 is 7.33. The van der Waals surface area contributed by atoms with Gasteiger partial charge in [-0.3, -0.25) is 0 Å². The lowest BCUT2D eigenvalue weighted by atomic mass is 10.0. The SMILES string of the molecule is CCCNC(c1ccc(Br)s1)C1Cc2ccccc2O1. The van der Waals surface area contributed by atoms with Crippen LogP contribution in [0.3, 0.4) is 0 Å². The molecule has 106 valence electrons. The average Bonchev–Trinajstić information content (AvgIpc) is 3.05. The van der Waals surface area contributed by atoms with Crippen molar-refractivity contribution in [3.63, 3.8) is 0 Å². The molecule has 0 radical (unpaired) electrons. The Hall–Kier alpha value is -0.840. The van der Waals surface area contributed by atoms with Gasteiger partial charge in [0.1, 0.15) is 11.9 Å². The minimum Gasteiger partial charge on any atom is -0.488 e. The molecule has 1 aliphatic rings. The molecule has 1 N–H and O–H groups in total. The second-order valence-corrected chi connectivity index (χ2v) is 7.54. The van der Waals surface area contributed by atoms with E-state index in [4.69, 9.17) is 4.74 Å². The van der Waals surface area contributed by atoms with Gasteiger partial charge < -0.3 is 10.1 Å². The lowest BCUT2D eigenvalue weighted by Gasteiger charge is -2.23. The van der Waals surface area contributed by atoms with Gasteiger partial charge in [-0.1, -0.05) is 25.1 Å². The van der Waals surface area contributed by atoms with Gasteiger partial charge >= 0.3 is 0 Å². The van der Waals surface area contributed by atoms with Crippen molar-refractivity contribution in [2.75, 3.05) is 6.54 Å². The molecule has 1 aliphatic heterocycles. The van der Waals surface area contributed by atoms with E-state index in [1.165, 1.54) is 14.2 Å². The fourth-order valence-electron chi connectivity index (χ4n) is 2.61. The number of hydrogen-bond acceptors (Lipinski definition) is 3. The zero-order valence-corrected chi connectivity index (χ0v) is 13.8. The first-order valence-electron chi connectivity index (χ1n) is 7.01. The predicted octanol–water partition coefficient (Wildman–Crippen LogP) is 4.56. The van der Waals surface area contributed by atoms with Gasteiger partial charge in [0.25, 0.3) is 0 Å². The van der Waals surface area contributed by atoms with Crippen molar-refractivity contribution in [2.45, 2.75) is 31.9 Å². The number of ether oxygens (including phenoxy) is 1. The van der Waals surface area contributed by atoms with Crippen LogP contribution in [0.1, 0.15) is 29.8 Å². The third-order valence-corrected chi connectivity index (χ3v) is 5.27. The maximum absolute atomic E-state index is 6.16. The third kappa shape index (κ3) is 2.92. The van der Waals surface area contributed by atoms with Gasteiger partial charge in [-0.05, 0) is 52.7 Å². The second-order valence-electron chi connectivity index (χ2n) is 5.04. The number of benzene rings is 1. The van der Waals surface area contributed by atoms with Crippen LogP contribution in [-0.4, -0.2) is 12.6 Å². The van der Waals surface area contributed by atoms with E-state index in [9.17, 15) is 0 Å². The normalized spacial score (nSPS) is 18.6. The van der Waals surface area contributed by atoms with Crippen molar-refractivity contribution >= 4 is 27.3 Å². The summed E-state index contributed by atoms with van der Waals surface area (Å²) >= 11 is 5.34. The highest BCUT2D eigenvalue weighted by molar-refractivity contribution is 9.11. The summed E-state index contributed by atoms with van der Waals surface area (Å²) in [5.74, 6) is 1.04. The van der Waals surface area contributed by atoms with Crippen molar-refractivity contribution in [1.29, 1.82) is 0 Å². The number of thiophene rings is 1. The van der Waals surface area contributed by atoms with E-state index in [0.717, 1.165) is 25.1 Å². The Morgan fingerprint density at radius 2 is 2.20 bits per heavy atom. The minimum atomic E-state index is 0.185. The molecule has 2 nitrogen and oxygen atoms in total. The van der Waals surface area contributed by atoms with Gasteiger partial charge in [0.05, 0.1) is 9.83 Å². The smallest absolute Gasteiger partial charge is 0.123 e. The Bertz CT molecular complexity index is 558. The molecule has 0 amide bonds. The summed E-state index contributed by atoms with van der Waals surface area (Å²) in [4.78, 5) is 1.34. The van der Waals surface area contributed by atoms with Crippen LogP contribution in [0.4, 0.5) is 0 Å². The maximum atomic E-state index is 6.16. The Labute approximate surface area is 132 Å². The van der Waals surface area contributed by atoms with Gasteiger partial charge in [0.2, 0.25) is 0 Å². The molecule has 2 heterocycles. The van der Waals surface area contributed by atoms with Crippen molar-refractivity contribution in [3.8, 4) is 5.75 Å². The molecule has 0 saturated carbocycles. The minimum absolute atomic E-state index is 0.185. The van der Waals surface area contributed by atoms with Crippen LogP contribution in [0, 0.1) is 0 Å². The number of rotatable bonds is 5. The van der Waals surface area contributed by atoms with Crippen LogP contribution in [0.5, 0.6) is 5.75 Å². The molecule has 0 spiro atoms. The zero-order chi connectivity index (χ0) is 13.9. The lowest BCUT2D eigenvalue weighted by molar-refractivity contribution is 0.180. The van der Waals surface area contributed by atoms with Crippen molar-refractivity contribution in [2.24, 2.45) is 0 Å². The predicted molar refractivity (Wildman–Crippen MR) is 87.6 cm³/mol. The van der Waals surface area contributed by atoms with Crippen molar-refractivity contribution < 1.29 is 4.74 Å². The summed E-state index contributed by atoms with van der Waals surface area (Å²) in [6, 6.07) is 12.9. The van der Waals surface area contributed by atoms with E-state index in [-0.39, 0.29) is 12.1 Å². The van der Waals surface area contributed by atoms with E-state index in [2.05, 4.69) is 58.5 Å². The van der Waals surface area contributed by atoms with Crippen LogP contribution >= 0.6 is 27.3 Å². The Balaban J connectivity index is 1.81. The molecule has 1 aromatic heterocycles. The summed E-state index contributed by atoms with van der Waals surface area (Å²) in [6.45, 7) is 3.20. The molecule has 4 heteroatoms. The van der Waals surface area contributed by atoms with Gasteiger partial charge in [-0.25, -0.2) is 0 Å². The highest BCUT2D eigenvalue weighted by atomic mass is 79.9. The molecule has 2 aromatic rings. The fourth-order valence-corrected chi connectivity index (χ4v) is 4.16. The monoisotopic (exact) mass is 351 g/mol. The molecule has 2 atom stereocenters. The molecule has 3 rings (SSSR count). The molecule has 1 aromatic carbocycles. The average molecular weight is 352 g/mol. The highest BCUT2D eigenvalue weighted by Crippen LogP contribution is 2.37. The Morgan fingerprint density at radius 1 is 1.35 bits per heavy atom. The summed E-state index contributed by atoms with van der Waals surface area (Å²) in [5.41, 5.74) is 1.32. The number of para-hydroxylation sites is 1. The molecule has 20 heavy (non-hydrogen) atoms. The molecule has 0 bridgehead atoms. The first-order chi connectivity index (χ1) is 9.78. The molecular formula is C16H18BrNOS. The second kappa shape index (κ2) is 6.29. The quantitative estimate of drug-likeness (QED) is 0.852. The molecular weight excluding hydrogens is 334 g/mol. The summed E-state index contributed by atoms with van der Waals surface area (Å²) in [7, 11) is 0. The Morgan fingerprint density at radius 3 is 2.90 bits per heavy atom. The molecule has 0 saturated heterocycles. The van der Waals surface area contributed by atoms with E-state index in [0.29, 0.717) is 0 Å². The standard InChI is InChI=1S/C16H18BrNOS/c1-2-9-18-16(14-7-8-15(17)20-14)13-10-11-5-3-4-6-12(11)19-13/h3-8,13,16,18H,2,9-10H2,1H3. The number of halogens is 1. The first kappa shape index (κ1) is 14.1. The van der Waals surface area contributed by atoms with E-state index in [1.807, 2.05) is 6.07 Å². The number of hydrogen-bond donors (Lipinski definition) is 1. The fraction of sp³-hybridized carbons (Fsp3) is 0.375. The third-order valence-electron chi connectivity index (χ3n) is 3.56. The van der Waals surface area contributed by atoms with Gasteiger partial charge in [0, 0.05) is 11.3 Å². The van der Waals surface area contributed by atoms with E-state index in [1.54, 1.807) is 11.3 Å². The number of nitrogens with one attached hydrogen (secondary N) is 1. The maximum Gasteiger partial charge on any atom is 0.123 e. The highest BCUT2D eigenvalue weighted by Gasteiger charge is 2.31. The van der Waals surface area contributed by atoms with Crippen molar-refractivity contribution in [1.82, 2.24) is 5.32 Å². The summed E-state index contributed by atoms with van der Waals surface area (Å²) in [6.07, 6.45) is 2.29. The summed E-state index contributed by atoms with van der Waals surface area (Å²) in [5, 5.41) is 3.64. The van der Waals surface area contributed by atoms with Gasteiger partial charge in [-0.15, -0.1) is 11.3 Å². The van der Waals surface area contributed by atoms with Crippen LogP contribution in [0.25, 0.3) is 0 Å². The largest absolute Gasteiger partial charge is 0.488 e. The molecule has 2 unspecified atom stereocenters.